The number of nitrogen functional groups attached to an aromatic ring is 1. The largest absolute Gasteiger partial charge is 0.463 e. The molecule has 2 rings (SSSR count). The minimum absolute atomic E-state index is 0.0671. The van der Waals surface area contributed by atoms with E-state index >= 15 is 0 Å². The molecule has 1 aromatic heterocycles. The van der Waals surface area contributed by atoms with Gasteiger partial charge in [-0.3, -0.25) is 5.41 Å². The van der Waals surface area contributed by atoms with Crippen molar-refractivity contribution in [2.24, 2.45) is 5.73 Å². The first-order valence-corrected chi connectivity index (χ1v) is 6.74. The van der Waals surface area contributed by atoms with Crippen molar-refractivity contribution in [1.82, 2.24) is 4.90 Å². The molecular formula is C16H21N3O. The van der Waals surface area contributed by atoms with E-state index in [2.05, 4.69) is 19.0 Å². The van der Waals surface area contributed by atoms with E-state index in [1.54, 1.807) is 6.26 Å². The molecule has 0 aliphatic carbocycles. The molecule has 3 N–H and O–H groups in total. The topological polar surface area (TPSA) is 66.2 Å². The van der Waals surface area contributed by atoms with E-state index in [4.69, 9.17) is 15.6 Å². The van der Waals surface area contributed by atoms with E-state index < -0.39 is 0 Å². The zero-order valence-electron chi connectivity index (χ0n) is 12.0. The normalized spacial score (nSPS) is 10.9. The fourth-order valence-electron chi connectivity index (χ4n) is 2.26. The predicted octanol–water partition coefficient (Wildman–Crippen LogP) is 2.72. The highest BCUT2D eigenvalue weighted by molar-refractivity contribution is 6.01. The summed E-state index contributed by atoms with van der Waals surface area (Å²) in [6.07, 6.45) is 3.61. The van der Waals surface area contributed by atoms with Crippen LogP contribution in [0.5, 0.6) is 0 Å². The highest BCUT2D eigenvalue weighted by atomic mass is 16.3. The maximum absolute atomic E-state index is 7.81. The Labute approximate surface area is 119 Å². The van der Waals surface area contributed by atoms with Gasteiger partial charge in [-0.15, -0.1) is 0 Å². The SMILES string of the molecule is CN(C)CCCc1coc(-c2ccccc2)c1C(=N)N. The number of aryl methyl sites for hydroxylation is 1. The minimum Gasteiger partial charge on any atom is -0.463 e. The first-order valence-electron chi connectivity index (χ1n) is 6.74. The quantitative estimate of drug-likeness (QED) is 0.627. The smallest absolute Gasteiger partial charge is 0.145 e. The van der Waals surface area contributed by atoms with E-state index in [0.717, 1.165) is 36.1 Å². The van der Waals surface area contributed by atoms with E-state index in [1.807, 2.05) is 30.3 Å². The number of nitrogens with two attached hydrogens (primary N) is 1. The molecule has 0 atom stereocenters. The fraction of sp³-hybridized carbons (Fsp3) is 0.312. The third kappa shape index (κ3) is 3.27. The van der Waals surface area contributed by atoms with Crippen LogP contribution in [0, 0.1) is 5.41 Å². The summed E-state index contributed by atoms with van der Waals surface area (Å²) in [5.74, 6) is 0.760. The first kappa shape index (κ1) is 14.3. The Morgan fingerprint density at radius 1 is 1.25 bits per heavy atom. The van der Waals surface area contributed by atoms with Gasteiger partial charge in [0.15, 0.2) is 0 Å². The van der Waals surface area contributed by atoms with Gasteiger partial charge in [0.2, 0.25) is 0 Å². The van der Waals surface area contributed by atoms with Gasteiger partial charge in [-0.25, -0.2) is 0 Å². The van der Waals surface area contributed by atoms with E-state index in [1.165, 1.54) is 0 Å². The number of hydrogen-bond acceptors (Lipinski definition) is 3. The average Bonchev–Trinajstić information content (AvgIpc) is 2.83. The fourth-order valence-corrected chi connectivity index (χ4v) is 2.26. The molecule has 0 fully saturated rings. The number of amidine groups is 1. The molecule has 0 radical (unpaired) electrons. The third-order valence-electron chi connectivity index (χ3n) is 3.22. The summed E-state index contributed by atoms with van der Waals surface area (Å²) >= 11 is 0. The summed E-state index contributed by atoms with van der Waals surface area (Å²) in [5, 5.41) is 7.81. The summed E-state index contributed by atoms with van der Waals surface area (Å²) in [4.78, 5) is 2.14. The van der Waals surface area contributed by atoms with Crippen LogP contribution in [0.25, 0.3) is 11.3 Å². The van der Waals surface area contributed by atoms with Gasteiger partial charge >= 0.3 is 0 Å². The molecule has 0 bridgehead atoms. The number of rotatable bonds is 6. The van der Waals surface area contributed by atoms with E-state index in [-0.39, 0.29) is 5.84 Å². The maximum Gasteiger partial charge on any atom is 0.145 e. The second-order valence-corrected chi connectivity index (χ2v) is 5.15. The zero-order chi connectivity index (χ0) is 14.5. The average molecular weight is 271 g/mol. The van der Waals surface area contributed by atoms with Gasteiger partial charge < -0.3 is 15.1 Å². The molecule has 1 aromatic carbocycles. The van der Waals surface area contributed by atoms with Gasteiger partial charge in [0.25, 0.3) is 0 Å². The predicted molar refractivity (Wildman–Crippen MR) is 82.0 cm³/mol. The van der Waals surface area contributed by atoms with Gasteiger partial charge in [0.05, 0.1) is 11.8 Å². The van der Waals surface area contributed by atoms with Crippen LogP contribution in [0.3, 0.4) is 0 Å². The molecule has 106 valence electrons. The van der Waals surface area contributed by atoms with Crippen LogP contribution in [0.1, 0.15) is 17.5 Å². The highest BCUT2D eigenvalue weighted by Gasteiger charge is 2.17. The monoisotopic (exact) mass is 271 g/mol. The number of nitrogens with one attached hydrogen (secondary N) is 1. The van der Waals surface area contributed by atoms with Gasteiger partial charge in [0, 0.05) is 11.1 Å². The molecule has 2 aromatic rings. The van der Waals surface area contributed by atoms with Crippen LogP contribution in [-0.2, 0) is 6.42 Å². The zero-order valence-corrected chi connectivity index (χ0v) is 12.0. The molecule has 0 spiro atoms. The summed E-state index contributed by atoms with van der Waals surface area (Å²) < 4.78 is 5.67. The van der Waals surface area contributed by atoms with Crippen molar-refractivity contribution < 1.29 is 4.42 Å². The molecule has 0 aliphatic rings. The molecular weight excluding hydrogens is 250 g/mol. The lowest BCUT2D eigenvalue weighted by atomic mass is 10.0. The van der Waals surface area contributed by atoms with Gasteiger partial charge in [-0.05, 0) is 33.5 Å². The van der Waals surface area contributed by atoms with Gasteiger partial charge in [0.1, 0.15) is 11.6 Å². The molecule has 20 heavy (non-hydrogen) atoms. The van der Waals surface area contributed by atoms with Crippen molar-refractivity contribution in [2.75, 3.05) is 20.6 Å². The number of benzene rings is 1. The molecule has 0 aliphatic heterocycles. The standard InChI is InChI=1S/C16H21N3O/c1-19(2)10-6-9-13-11-20-15(14(13)16(17)18)12-7-4-3-5-8-12/h3-5,7-8,11H,6,9-10H2,1-2H3,(H3,17,18). The second-order valence-electron chi connectivity index (χ2n) is 5.15. The summed E-state index contributed by atoms with van der Waals surface area (Å²) in [6, 6.07) is 9.79. The van der Waals surface area contributed by atoms with Gasteiger partial charge in [-0.1, -0.05) is 30.3 Å². The Bertz CT molecular complexity index is 573. The Morgan fingerprint density at radius 3 is 2.55 bits per heavy atom. The number of hydrogen-bond donors (Lipinski definition) is 2. The number of nitrogens with zero attached hydrogens (tertiary/aromatic N) is 1. The second kappa shape index (κ2) is 6.39. The lowest BCUT2D eigenvalue weighted by Crippen LogP contribution is -2.16. The van der Waals surface area contributed by atoms with Crippen molar-refractivity contribution in [3.8, 4) is 11.3 Å². The summed E-state index contributed by atoms with van der Waals surface area (Å²) in [6.45, 7) is 1.00. The lowest BCUT2D eigenvalue weighted by Gasteiger charge is -2.09. The highest BCUT2D eigenvalue weighted by Crippen LogP contribution is 2.28. The molecule has 0 unspecified atom stereocenters. The summed E-state index contributed by atoms with van der Waals surface area (Å²) in [7, 11) is 4.10. The van der Waals surface area contributed by atoms with Crippen LogP contribution in [-0.4, -0.2) is 31.4 Å². The third-order valence-corrected chi connectivity index (χ3v) is 3.22. The molecule has 0 saturated heterocycles. The Morgan fingerprint density at radius 2 is 1.95 bits per heavy atom. The first-order chi connectivity index (χ1) is 9.59. The molecule has 1 heterocycles. The lowest BCUT2D eigenvalue weighted by molar-refractivity contribution is 0.400. The maximum atomic E-state index is 7.81. The Hall–Kier alpha value is -2.07. The molecule has 0 amide bonds. The van der Waals surface area contributed by atoms with Gasteiger partial charge in [-0.2, -0.15) is 0 Å². The van der Waals surface area contributed by atoms with Crippen molar-refractivity contribution in [2.45, 2.75) is 12.8 Å². The van der Waals surface area contributed by atoms with Crippen molar-refractivity contribution in [1.29, 1.82) is 5.41 Å². The molecule has 0 saturated carbocycles. The number of furan rings is 1. The van der Waals surface area contributed by atoms with Crippen LogP contribution in [0.15, 0.2) is 41.0 Å². The van der Waals surface area contributed by atoms with Crippen LogP contribution in [0.4, 0.5) is 0 Å². The minimum atomic E-state index is 0.0671. The summed E-state index contributed by atoms with van der Waals surface area (Å²) in [5.41, 5.74) is 8.44. The molecule has 4 heteroatoms. The molecule has 4 nitrogen and oxygen atoms in total. The van der Waals surface area contributed by atoms with E-state index in [9.17, 15) is 0 Å². The van der Waals surface area contributed by atoms with Crippen molar-refractivity contribution >= 4 is 5.84 Å². The Kier molecular flexibility index (Phi) is 4.58. The van der Waals surface area contributed by atoms with Crippen LogP contribution >= 0.6 is 0 Å². The van der Waals surface area contributed by atoms with E-state index in [0.29, 0.717) is 5.76 Å². The Balaban J connectivity index is 2.26. The van der Waals surface area contributed by atoms with Crippen LogP contribution in [0.2, 0.25) is 0 Å². The van der Waals surface area contributed by atoms with Crippen molar-refractivity contribution in [3.05, 3.63) is 47.7 Å². The van der Waals surface area contributed by atoms with Crippen LogP contribution < -0.4 is 5.73 Å². The van der Waals surface area contributed by atoms with Crippen molar-refractivity contribution in [3.63, 3.8) is 0 Å².